The van der Waals surface area contributed by atoms with E-state index in [9.17, 15) is 14.7 Å². The van der Waals surface area contributed by atoms with Crippen molar-refractivity contribution in [3.05, 3.63) is 29.8 Å². The van der Waals surface area contributed by atoms with Gasteiger partial charge in [-0.25, -0.2) is 0 Å². The molecule has 2 aliphatic rings. The molecule has 1 aromatic carbocycles. The van der Waals surface area contributed by atoms with E-state index in [0.29, 0.717) is 31.8 Å². The van der Waals surface area contributed by atoms with Gasteiger partial charge < -0.3 is 19.6 Å². The van der Waals surface area contributed by atoms with Crippen LogP contribution in [0.15, 0.2) is 24.3 Å². The molecule has 1 unspecified atom stereocenters. The number of methoxy groups -OCH3 is 1. The Hall–Kier alpha value is -2.08. The Kier molecular flexibility index (Phi) is 6.72. The van der Waals surface area contributed by atoms with E-state index in [0.717, 1.165) is 43.7 Å². The molecule has 1 atom stereocenters. The monoisotopic (exact) mass is 374 g/mol. The van der Waals surface area contributed by atoms with Crippen LogP contribution in [-0.2, 0) is 16.0 Å². The van der Waals surface area contributed by atoms with Gasteiger partial charge in [-0.05, 0) is 49.3 Å². The van der Waals surface area contributed by atoms with Gasteiger partial charge in [-0.2, -0.15) is 0 Å². The molecule has 27 heavy (non-hydrogen) atoms. The van der Waals surface area contributed by atoms with Crippen molar-refractivity contribution in [2.45, 2.75) is 32.1 Å². The number of amides is 2. The number of hydrogen-bond donors (Lipinski definition) is 1. The first-order valence-corrected chi connectivity index (χ1v) is 9.91. The lowest BCUT2D eigenvalue weighted by atomic mass is 9.92. The summed E-state index contributed by atoms with van der Waals surface area (Å²) >= 11 is 0. The third-order valence-electron chi connectivity index (χ3n) is 5.86. The molecule has 2 amide bonds. The van der Waals surface area contributed by atoms with Crippen LogP contribution in [0.3, 0.4) is 0 Å². The van der Waals surface area contributed by atoms with E-state index >= 15 is 0 Å². The molecule has 6 heteroatoms. The summed E-state index contributed by atoms with van der Waals surface area (Å²) in [5, 5.41) is 9.26. The number of ether oxygens (including phenoxy) is 1. The first kappa shape index (κ1) is 19.7. The van der Waals surface area contributed by atoms with Crippen LogP contribution in [-0.4, -0.2) is 66.6 Å². The Morgan fingerprint density at radius 2 is 1.89 bits per heavy atom. The quantitative estimate of drug-likeness (QED) is 0.823. The third kappa shape index (κ3) is 5.01. The Labute approximate surface area is 161 Å². The second-order valence-electron chi connectivity index (χ2n) is 7.62. The number of benzene rings is 1. The van der Waals surface area contributed by atoms with Crippen LogP contribution < -0.4 is 4.74 Å². The highest BCUT2D eigenvalue weighted by Crippen LogP contribution is 2.24. The average Bonchev–Trinajstić information content (AvgIpc) is 2.73. The minimum absolute atomic E-state index is 0.0933. The fraction of sp³-hybridized carbons (Fsp3) is 0.619. The molecule has 2 heterocycles. The Morgan fingerprint density at radius 1 is 1.19 bits per heavy atom. The maximum atomic E-state index is 12.9. The fourth-order valence-electron chi connectivity index (χ4n) is 3.98. The van der Waals surface area contributed by atoms with Crippen molar-refractivity contribution >= 4 is 11.8 Å². The molecular weight excluding hydrogens is 344 g/mol. The molecule has 2 fully saturated rings. The predicted octanol–water partition coefficient (Wildman–Crippen LogP) is 1.71. The normalized spacial score (nSPS) is 21.4. The summed E-state index contributed by atoms with van der Waals surface area (Å²) in [5.74, 6) is 1.37. The molecule has 0 spiro atoms. The topological polar surface area (TPSA) is 70.1 Å². The Morgan fingerprint density at radius 3 is 2.52 bits per heavy atom. The number of nitrogens with zero attached hydrogens (tertiary/aromatic N) is 2. The van der Waals surface area contributed by atoms with Crippen molar-refractivity contribution < 1.29 is 19.4 Å². The fourth-order valence-corrected chi connectivity index (χ4v) is 3.98. The summed E-state index contributed by atoms with van der Waals surface area (Å²) < 4.78 is 5.17. The van der Waals surface area contributed by atoms with Gasteiger partial charge in [0.05, 0.1) is 13.0 Å². The maximum Gasteiger partial charge on any atom is 0.227 e. The van der Waals surface area contributed by atoms with E-state index < -0.39 is 0 Å². The number of piperidine rings is 2. The first-order valence-electron chi connectivity index (χ1n) is 9.91. The van der Waals surface area contributed by atoms with Crippen LogP contribution in [0.4, 0.5) is 0 Å². The van der Waals surface area contributed by atoms with Crippen molar-refractivity contribution in [2.75, 3.05) is 39.9 Å². The minimum Gasteiger partial charge on any atom is -0.497 e. The largest absolute Gasteiger partial charge is 0.497 e. The number of carbonyl (C=O) groups is 2. The summed E-state index contributed by atoms with van der Waals surface area (Å²) in [5.41, 5.74) is 1.16. The molecule has 3 rings (SSSR count). The van der Waals surface area contributed by atoms with Crippen molar-refractivity contribution in [1.82, 2.24) is 9.80 Å². The highest BCUT2D eigenvalue weighted by Gasteiger charge is 2.33. The maximum absolute atomic E-state index is 12.9. The number of carbonyl (C=O) groups excluding carboxylic acids is 2. The van der Waals surface area contributed by atoms with E-state index in [-0.39, 0.29) is 24.3 Å². The van der Waals surface area contributed by atoms with Crippen LogP contribution in [0.2, 0.25) is 0 Å². The van der Waals surface area contributed by atoms with Crippen molar-refractivity contribution in [3.63, 3.8) is 0 Å². The Bertz CT molecular complexity index is 638. The van der Waals surface area contributed by atoms with E-state index in [1.165, 1.54) is 0 Å². The van der Waals surface area contributed by atoms with Crippen LogP contribution in [0.1, 0.15) is 31.2 Å². The van der Waals surface area contributed by atoms with Crippen LogP contribution in [0.5, 0.6) is 5.75 Å². The van der Waals surface area contributed by atoms with E-state index in [2.05, 4.69) is 0 Å². The lowest BCUT2D eigenvalue weighted by Gasteiger charge is -2.37. The zero-order valence-electron chi connectivity index (χ0n) is 16.1. The number of aliphatic hydroxyl groups excluding tert-OH is 1. The van der Waals surface area contributed by atoms with Crippen LogP contribution in [0.25, 0.3) is 0 Å². The highest BCUT2D eigenvalue weighted by molar-refractivity contribution is 5.84. The van der Waals surface area contributed by atoms with Gasteiger partial charge in [-0.3, -0.25) is 9.59 Å². The number of rotatable bonds is 6. The number of aliphatic hydroxyl groups is 1. The molecule has 1 aromatic rings. The smallest absolute Gasteiger partial charge is 0.227 e. The minimum atomic E-state index is -0.0933. The van der Waals surface area contributed by atoms with Gasteiger partial charge in [0.1, 0.15) is 5.75 Å². The summed E-state index contributed by atoms with van der Waals surface area (Å²) in [6.07, 6.45) is 3.62. The van der Waals surface area contributed by atoms with Gasteiger partial charge in [-0.15, -0.1) is 0 Å². The summed E-state index contributed by atoms with van der Waals surface area (Å²) in [6, 6.07) is 7.88. The Balaban J connectivity index is 1.52. The van der Waals surface area contributed by atoms with E-state index in [1.807, 2.05) is 34.1 Å². The first-order chi connectivity index (χ1) is 13.1. The molecule has 2 saturated heterocycles. The van der Waals surface area contributed by atoms with Gasteiger partial charge >= 0.3 is 0 Å². The van der Waals surface area contributed by atoms with Gasteiger partial charge in [0.15, 0.2) is 0 Å². The highest BCUT2D eigenvalue weighted by atomic mass is 16.5. The molecule has 0 saturated carbocycles. The van der Waals surface area contributed by atoms with Crippen LogP contribution >= 0.6 is 0 Å². The standard InChI is InChI=1S/C21H30N2O4/c1-27-19-5-2-16(3-6-19)8-13-23-14-18(4-7-20(23)25)21(26)22-11-9-17(15-24)10-12-22/h2-3,5-6,17-18,24H,4,7-15H2,1H3. The molecular formula is C21H30N2O4. The zero-order valence-corrected chi connectivity index (χ0v) is 16.1. The van der Waals surface area contributed by atoms with E-state index in [1.54, 1.807) is 7.11 Å². The number of hydrogen-bond acceptors (Lipinski definition) is 4. The van der Waals surface area contributed by atoms with Crippen molar-refractivity contribution in [3.8, 4) is 5.75 Å². The molecule has 148 valence electrons. The molecule has 0 aliphatic carbocycles. The van der Waals surface area contributed by atoms with Crippen molar-refractivity contribution in [1.29, 1.82) is 0 Å². The zero-order chi connectivity index (χ0) is 19.2. The van der Waals surface area contributed by atoms with Gasteiger partial charge in [0.2, 0.25) is 11.8 Å². The van der Waals surface area contributed by atoms with Gasteiger partial charge in [-0.1, -0.05) is 12.1 Å². The molecule has 0 radical (unpaired) electrons. The second-order valence-corrected chi connectivity index (χ2v) is 7.62. The SMILES string of the molecule is COc1ccc(CCN2CC(C(=O)N3CCC(CO)CC3)CCC2=O)cc1. The molecule has 1 N–H and O–H groups in total. The average molecular weight is 374 g/mol. The van der Waals surface area contributed by atoms with Gasteiger partial charge in [0.25, 0.3) is 0 Å². The van der Waals surface area contributed by atoms with Crippen molar-refractivity contribution in [2.24, 2.45) is 11.8 Å². The molecule has 0 aromatic heterocycles. The lowest BCUT2D eigenvalue weighted by molar-refractivity contribution is -0.144. The van der Waals surface area contributed by atoms with Crippen LogP contribution in [0, 0.1) is 11.8 Å². The predicted molar refractivity (Wildman–Crippen MR) is 102 cm³/mol. The molecule has 6 nitrogen and oxygen atoms in total. The summed E-state index contributed by atoms with van der Waals surface area (Å²) in [7, 11) is 1.64. The summed E-state index contributed by atoms with van der Waals surface area (Å²) in [6.45, 7) is 2.81. The lowest BCUT2D eigenvalue weighted by Crippen LogP contribution is -2.49. The third-order valence-corrected chi connectivity index (χ3v) is 5.86. The second kappa shape index (κ2) is 9.22. The van der Waals surface area contributed by atoms with E-state index in [4.69, 9.17) is 4.74 Å². The summed E-state index contributed by atoms with van der Waals surface area (Å²) in [4.78, 5) is 28.9. The van der Waals surface area contributed by atoms with Gasteiger partial charge in [0, 0.05) is 39.2 Å². The number of likely N-dealkylation sites (tertiary alicyclic amines) is 2. The molecule has 0 bridgehead atoms. The molecule has 2 aliphatic heterocycles.